The number of likely N-dealkylation sites (tertiary alicyclic amines) is 1. The van der Waals surface area contributed by atoms with Crippen LogP contribution in [0.15, 0.2) is 48.5 Å². The summed E-state index contributed by atoms with van der Waals surface area (Å²) in [4.78, 5) is 39.1. The lowest BCUT2D eigenvalue weighted by Gasteiger charge is -2.35. The number of carboxylic acid groups (broad SMARTS) is 1. The molecule has 1 saturated heterocycles. The Morgan fingerprint density at radius 2 is 1.74 bits per heavy atom. The third-order valence-electron chi connectivity index (χ3n) is 7.15. The lowest BCUT2D eigenvalue weighted by molar-refractivity contribution is -0.160. The van der Waals surface area contributed by atoms with Gasteiger partial charge in [-0.1, -0.05) is 55.5 Å². The van der Waals surface area contributed by atoms with Gasteiger partial charge in [-0.25, -0.2) is 9.59 Å². The number of hydrogen-bond acceptors (Lipinski definition) is 5. The van der Waals surface area contributed by atoms with E-state index in [9.17, 15) is 19.5 Å². The first-order valence-corrected chi connectivity index (χ1v) is 12.1. The van der Waals surface area contributed by atoms with Gasteiger partial charge >= 0.3 is 12.1 Å². The summed E-state index contributed by atoms with van der Waals surface area (Å²) in [5.74, 6) is -1.43. The molecule has 1 heterocycles. The molecule has 8 nitrogen and oxygen atoms in total. The molecule has 4 rings (SSSR count). The van der Waals surface area contributed by atoms with Crippen LogP contribution in [0.4, 0.5) is 4.79 Å². The number of nitrogens with zero attached hydrogens (tertiary/aromatic N) is 1. The molecule has 8 heteroatoms. The molecule has 2 unspecified atom stereocenters. The van der Waals surface area contributed by atoms with Crippen LogP contribution >= 0.6 is 0 Å². The number of ether oxygens (including phenoxy) is 2. The Kier molecular flexibility index (Phi) is 7.40. The third kappa shape index (κ3) is 4.75. The molecule has 186 valence electrons. The third-order valence-corrected chi connectivity index (χ3v) is 7.15. The zero-order valence-electron chi connectivity index (χ0n) is 20.2. The summed E-state index contributed by atoms with van der Waals surface area (Å²) in [7, 11) is 1.43. The van der Waals surface area contributed by atoms with Crippen molar-refractivity contribution in [3.8, 4) is 11.1 Å². The lowest BCUT2D eigenvalue weighted by Crippen LogP contribution is -2.57. The second-order valence-electron chi connectivity index (χ2n) is 9.20. The normalized spacial score (nSPS) is 19.7. The van der Waals surface area contributed by atoms with Crippen molar-refractivity contribution in [2.45, 2.75) is 50.1 Å². The quantitative estimate of drug-likeness (QED) is 0.566. The zero-order chi connectivity index (χ0) is 25.0. The highest BCUT2D eigenvalue weighted by Crippen LogP contribution is 2.44. The van der Waals surface area contributed by atoms with Crippen molar-refractivity contribution in [3.05, 3.63) is 59.7 Å². The van der Waals surface area contributed by atoms with E-state index in [4.69, 9.17) is 9.47 Å². The van der Waals surface area contributed by atoms with Gasteiger partial charge in [-0.2, -0.15) is 0 Å². The van der Waals surface area contributed by atoms with E-state index in [2.05, 4.69) is 29.6 Å². The largest absolute Gasteiger partial charge is 0.479 e. The molecular weight excluding hydrogens is 448 g/mol. The second-order valence-corrected chi connectivity index (χ2v) is 9.20. The average Bonchev–Trinajstić information content (AvgIpc) is 3.43. The molecule has 0 bridgehead atoms. The highest BCUT2D eigenvalue weighted by Gasteiger charge is 2.50. The van der Waals surface area contributed by atoms with Crippen LogP contribution in [-0.4, -0.2) is 66.4 Å². The highest BCUT2D eigenvalue weighted by molar-refractivity contribution is 5.88. The van der Waals surface area contributed by atoms with E-state index < -0.39 is 23.6 Å². The topological polar surface area (TPSA) is 105 Å². The van der Waals surface area contributed by atoms with Gasteiger partial charge < -0.3 is 24.8 Å². The molecule has 0 spiro atoms. The summed E-state index contributed by atoms with van der Waals surface area (Å²) in [6, 6.07) is 15.8. The molecule has 2 amide bonds. The van der Waals surface area contributed by atoms with Gasteiger partial charge in [-0.15, -0.1) is 0 Å². The van der Waals surface area contributed by atoms with Crippen molar-refractivity contribution in [3.63, 3.8) is 0 Å². The molecule has 2 atom stereocenters. The van der Waals surface area contributed by atoms with Crippen molar-refractivity contribution < 1.29 is 29.0 Å². The maximum Gasteiger partial charge on any atom is 0.407 e. The number of methoxy groups -OCH3 is 1. The summed E-state index contributed by atoms with van der Waals surface area (Å²) in [6.07, 6.45) is 0.860. The summed E-state index contributed by atoms with van der Waals surface area (Å²) in [5, 5.41) is 12.6. The van der Waals surface area contributed by atoms with Gasteiger partial charge in [0.15, 0.2) is 5.54 Å². The van der Waals surface area contributed by atoms with Gasteiger partial charge in [0.2, 0.25) is 5.91 Å². The molecule has 1 aliphatic carbocycles. The minimum Gasteiger partial charge on any atom is -0.479 e. The van der Waals surface area contributed by atoms with Crippen molar-refractivity contribution in [2.75, 3.05) is 26.9 Å². The van der Waals surface area contributed by atoms with Gasteiger partial charge in [-0.3, -0.25) is 4.79 Å². The molecule has 0 saturated carbocycles. The molecule has 0 aromatic heterocycles. The number of carbonyl (C=O) groups excluding carboxylic acids is 2. The fourth-order valence-electron chi connectivity index (χ4n) is 5.34. The molecule has 2 aromatic carbocycles. The summed E-state index contributed by atoms with van der Waals surface area (Å²) >= 11 is 0. The van der Waals surface area contributed by atoms with Crippen LogP contribution in [0.5, 0.6) is 0 Å². The SMILES string of the molecule is CCC(CC(=O)N1CCCC1(COC)C(=O)O)NC(=O)OCC1c2ccccc2-c2ccccc21. The number of amides is 2. The number of fused-ring (bicyclic) bond motifs is 3. The van der Waals surface area contributed by atoms with Crippen molar-refractivity contribution in [2.24, 2.45) is 0 Å². The second kappa shape index (κ2) is 10.5. The number of alkyl carbamates (subject to hydrolysis) is 1. The highest BCUT2D eigenvalue weighted by atomic mass is 16.5. The van der Waals surface area contributed by atoms with Gasteiger partial charge in [0.25, 0.3) is 0 Å². The Morgan fingerprint density at radius 1 is 1.11 bits per heavy atom. The van der Waals surface area contributed by atoms with E-state index in [0.717, 1.165) is 22.3 Å². The Balaban J connectivity index is 1.37. The first kappa shape index (κ1) is 24.7. The lowest BCUT2D eigenvalue weighted by atomic mass is 9.96. The van der Waals surface area contributed by atoms with Crippen LogP contribution in [0.1, 0.15) is 49.7 Å². The smallest absolute Gasteiger partial charge is 0.407 e. The molecular formula is C27H32N2O6. The Morgan fingerprint density at radius 3 is 2.31 bits per heavy atom. The van der Waals surface area contributed by atoms with Crippen LogP contribution in [0.2, 0.25) is 0 Å². The number of aliphatic carboxylic acids is 1. The fourth-order valence-corrected chi connectivity index (χ4v) is 5.34. The van der Waals surface area contributed by atoms with Crippen LogP contribution < -0.4 is 5.32 Å². The Labute approximate surface area is 205 Å². The first-order valence-electron chi connectivity index (χ1n) is 12.1. The fraction of sp³-hybridized carbons (Fsp3) is 0.444. The summed E-state index contributed by atoms with van der Waals surface area (Å²) in [5.41, 5.74) is 3.20. The van der Waals surface area contributed by atoms with Crippen molar-refractivity contribution in [1.29, 1.82) is 0 Å². The average molecular weight is 481 g/mol. The molecule has 35 heavy (non-hydrogen) atoms. The van der Waals surface area contributed by atoms with Crippen LogP contribution in [0.3, 0.4) is 0 Å². The summed E-state index contributed by atoms with van der Waals surface area (Å²) in [6.45, 7) is 2.35. The van der Waals surface area contributed by atoms with E-state index >= 15 is 0 Å². The van der Waals surface area contributed by atoms with Gasteiger partial charge in [0, 0.05) is 32.0 Å². The predicted octanol–water partition coefficient (Wildman–Crippen LogP) is 3.79. The van der Waals surface area contributed by atoms with E-state index in [1.54, 1.807) is 0 Å². The van der Waals surface area contributed by atoms with Crippen molar-refractivity contribution >= 4 is 18.0 Å². The van der Waals surface area contributed by atoms with E-state index in [1.165, 1.54) is 12.0 Å². The zero-order valence-corrected chi connectivity index (χ0v) is 20.2. The predicted molar refractivity (Wildman–Crippen MR) is 130 cm³/mol. The van der Waals surface area contributed by atoms with Crippen molar-refractivity contribution in [1.82, 2.24) is 10.2 Å². The molecule has 2 aromatic rings. The first-order chi connectivity index (χ1) is 16.9. The minimum atomic E-state index is -1.35. The van der Waals surface area contributed by atoms with E-state index in [1.807, 2.05) is 31.2 Å². The van der Waals surface area contributed by atoms with Gasteiger partial charge in [0.05, 0.1) is 6.61 Å². The number of hydrogen-bond donors (Lipinski definition) is 2. The van der Waals surface area contributed by atoms with Gasteiger partial charge in [-0.05, 0) is 41.5 Å². The Hall–Kier alpha value is -3.39. The molecule has 1 aliphatic heterocycles. The summed E-state index contributed by atoms with van der Waals surface area (Å²) < 4.78 is 10.7. The number of carboxylic acids is 1. The minimum absolute atomic E-state index is 0.000556. The number of rotatable bonds is 9. The molecule has 2 aliphatic rings. The standard InChI is InChI=1S/C27H32N2O6/c1-3-18(15-24(30)29-14-8-13-27(29,17-34-2)25(31)32)28-26(33)35-16-23-21-11-6-4-9-19(21)20-10-5-7-12-22(20)23/h4-7,9-12,18,23H,3,8,13-17H2,1-2H3,(H,28,33)(H,31,32). The monoisotopic (exact) mass is 480 g/mol. The number of nitrogens with one attached hydrogen (secondary N) is 1. The maximum absolute atomic E-state index is 13.0. The van der Waals surface area contributed by atoms with E-state index in [-0.39, 0.29) is 31.5 Å². The maximum atomic E-state index is 13.0. The van der Waals surface area contributed by atoms with Crippen LogP contribution in [-0.2, 0) is 19.1 Å². The van der Waals surface area contributed by atoms with Crippen LogP contribution in [0, 0.1) is 0 Å². The van der Waals surface area contributed by atoms with Crippen LogP contribution in [0.25, 0.3) is 11.1 Å². The molecule has 1 fully saturated rings. The Bertz CT molecular complexity index is 1060. The number of benzene rings is 2. The molecule has 2 N–H and O–H groups in total. The van der Waals surface area contributed by atoms with E-state index in [0.29, 0.717) is 25.8 Å². The molecule has 0 radical (unpaired) electrons. The number of carbonyl (C=O) groups is 3. The van der Waals surface area contributed by atoms with Gasteiger partial charge in [0.1, 0.15) is 6.61 Å².